The minimum Gasteiger partial charge on any atom is -0.497 e. The molecule has 0 unspecified atom stereocenters. The zero-order valence-corrected chi connectivity index (χ0v) is 16.9. The number of likely N-dealkylation sites (tertiary alicyclic amines) is 1. The van der Waals surface area contributed by atoms with E-state index in [4.69, 9.17) is 14.2 Å². The fraction of sp³-hybridized carbons (Fsp3) is 0.478. The van der Waals surface area contributed by atoms with E-state index in [1.54, 1.807) is 7.11 Å². The van der Waals surface area contributed by atoms with Crippen LogP contribution in [-0.4, -0.2) is 31.3 Å². The normalized spacial score (nSPS) is 17.3. The topological polar surface area (TPSA) is 30.9 Å². The number of rotatable bonds is 8. The van der Waals surface area contributed by atoms with Gasteiger partial charge in [-0.05, 0) is 75.5 Å². The summed E-state index contributed by atoms with van der Waals surface area (Å²) in [5, 5.41) is 0. The predicted molar refractivity (Wildman–Crippen MR) is 109 cm³/mol. The van der Waals surface area contributed by atoms with Gasteiger partial charge in [0.25, 0.3) is 0 Å². The van der Waals surface area contributed by atoms with E-state index in [2.05, 4.69) is 41.3 Å². The monoisotopic (exact) mass is 369 g/mol. The molecule has 1 fully saturated rings. The summed E-state index contributed by atoms with van der Waals surface area (Å²) in [4.78, 5) is 2.55. The molecule has 1 atom stereocenters. The van der Waals surface area contributed by atoms with Gasteiger partial charge in [-0.15, -0.1) is 0 Å². The van der Waals surface area contributed by atoms with Crippen molar-refractivity contribution in [3.8, 4) is 17.2 Å². The van der Waals surface area contributed by atoms with Crippen molar-refractivity contribution in [2.24, 2.45) is 0 Å². The lowest BCUT2D eigenvalue weighted by atomic mass is 10.0. The maximum Gasteiger partial charge on any atom is 0.161 e. The minimum atomic E-state index is 0.132. The van der Waals surface area contributed by atoms with E-state index in [1.807, 2.05) is 26.8 Å². The number of hydrogen-bond acceptors (Lipinski definition) is 4. The summed E-state index contributed by atoms with van der Waals surface area (Å²) in [5.74, 6) is 2.57. The van der Waals surface area contributed by atoms with Gasteiger partial charge in [-0.1, -0.05) is 18.2 Å². The first-order valence-corrected chi connectivity index (χ1v) is 9.91. The van der Waals surface area contributed by atoms with Gasteiger partial charge < -0.3 is 14.2 Å². The van der Waals surface area contributed by atoms with E-state index < -0.39 is 0 Å². The Morgan fingerprint density at radius 1 is 1.07 bits per heavy atom. The maximum absolute atomic E-state index is 5.88. The van der Waals surface area contributed by atoms with Crippen LogP contribution in [0.5, 0.6) is 17.2 Å². The molecule has 1 aliphatic heterocycles. The van der Waals surface area contributed by atoms with Crippen molar-refractivity contribution in [3.05, 3.63) is 53.6 Å². The molecule has 2 aromatic carbocycles. The largest absolute Gasteiger partial charge is 0.497 e. The molecule has 146 valence electrons. The maximum atomic E-state index is 5.88. The van der Waals surface area contributed by atoms with E-state index in [1.165, 1.54) is 24.0 Å². The molecule has 0 aliphatic carbocycles. The SMILES string of the molecule is CCOc1cc(CN2CCC[C@@H]2c2ccc(OC)cc2)ccc1OC(C)C. The van der Waals surface area contributed by atoms with Crippen LogP contribution in [0.25, 0.3) is 0 Å². The third kappa shape index (κ3) is 4.95. The number of benzene rings is 2. The van der Waals surface area contributed by atoms with Gasteiger partial charge in [-0.2, -0.15) is 0 Å². The molecule has 3 rings (SSSR count). The van der Waals surface area contributed by atoms with Crippen LogP contribution in [0.4, 0.5) is 0 Å². The second-order valence-corrected chi connectivity index (χ2v) is 7.28. The summed E-state index contributed by atoms with van der Waals surface area (Å²) < 4.78 is 17.0. The zero-order valence-electron chi connectivity index (χ0n) is 16.9. The molecule has 0 spiro atoms. The highest BCUT2D eigenvalue weighted by atomic mass is 16.5. The van der Waals surface area contributed by atoms with Crippen molar-refractivity contribution in [2.45, 2.75) is 52.3 Å². The van der Waals surface area contributed by atoms with E-state index in [-0.39, 0.29) is 6.10 Å². The Balaban J connectivity index is 1.75. The lowest BCUT2D eigenvalue weighted by Gasteiger charge is -2.25. The first-order valence-electron chi connectivity index (χ1n) is 9.91. The molecule has 4 heteroatoms. The van der Waals surface area contributed by atoms with Crippen molar-refractivity contribution >= 4 is 0 Å². The summed E-state index contributed by atoms with van der Waals surface area (Å²) in [5.41, 5.74) is 2.62. The molecule has 27 heavy (non-hydrogen) atoms. The number of methoxy groups -OCH3 is 1. The van der Waals surface area contributed by atoms with Crippen LogP contribution in [0.2, 0.25) is 0 Å². The second-order valence-electron chi connectivity index (χ2n) is 7.28. The highest BCUT2D eigenvalue weighted by Gasteiger charge is 2.26. The molecule has 0 aromatic heterocycles. The van der Waals surface area contributed by atoms with Crippen molar-refractivity contribution in [1.29, 1.82) is 0 Å². The molecule has 0 saturated carbocycles. The van der Waals surface area contributed by atoms with Crippen LogP contribution in [-0.2, 0) is 6.54 Å². The van der Waals surface area contributed by atoms with Crippen molar-refractivity contribution in [3.63, 3.8) is 0 Å². The third-order valence-corrected chi connectivity index (χ3v) is 4.92. The zero-order chi connectivity index (χ0) is 19.2. The van der Waals surface area contributed by atoms with Gasteiger partial charge in [-0.25, -0.2) is 0 Å². The van der Waals surface area contributed by atoms with Gasteiger partial charge in [0.05, 0.1) is 19.8 Å². The van der Waals surface area contributed by atoms with Crippen molar-refractivity contribution < 1.29 is 14.2 Å². The van der Waals surface area contributed by atoms with Crippen LogP contribution in [0.1, 0.15) is 50.8 Å². The molecule has 0 N–H and O–H groups in total. The fourth-order valence-corrected chi connectivity index (χ4v) is 3.72. The average molecular weight is 370 g/mol. The number of nitrogens with zero attached hydrogens (tertiary/aromatic N) is 1. The molecule has 1 saturated heterocycles. The van der Waals surface area contributed by atoms with Crippen LogP contribution in [0, 0.1) is 0 Å². The Kier molecular flexibility index (Phi) is 6.62. The molecular weight excluding hydrogens is 338 g/mol. The summed E-state index contributed by atoms with van der Waals surface area (Å²) in [6.45, 7) is 8.74. The fourth-order valence-electron chi connectivity index (χ4n) is 3.72. The predicted octanol–water partition coefficient (Wildman–Crippen LogP) is 5.22. The Bertz CT molecular complexity index is 727. The Labute approximate surface area is 163 Å². The van der Waals surface area contributed by atoms with Crippen LogP contribution in [0.3, 0.4) is 0 Å². The van der Waals surface area contributed by atoms with E-state index in [0.29, 0.717) is 12.6 Å². The molecular formula is C23H31NO3. The van der Waals surface area contributed by atoms with E-state index in [0.717, 1.165) is 30.3 Å². The van der Waals surface area contributed by atoms with Crippen LogP contribution in [0.15, 0.2) is 42.5 Å². The molecule has 4 nitrogen and oxygen atoms in total. The first-order chi connectivity index (χ1) is 13.1. The highest BCUT2D eigenvalue weighted by molar-refractivity contribution is 5.43. The Morgan fingerprint density at radius 2 is 1.85 bits per heavy atom. The lowest BCUT2D eigenvalue weighted by Crippen LogP contribution is -2.22. The third-order valence-electron chi connectivity index (χ3n) is 4.92. The Hall–Kier alpha value is -2.20. The summed E-state index contributed by atoms with van der Waals surface area (Å²) in [6, 6.07) is 15.3. The van der Waals surface area contributed by atoms with Gasteiger partial charge in [-0.3, -0.25) is 4.90 Å². The Morgan fingerprint density at radius 3 is 2.52 bits per heavy atom. The number of ether oxygens (including phenoxy) is 3. The van der Waals surface area contributed by atoms with Crippen LogP contribution < -0.4 is 14.2 Å². The quantitative estimate of drug-likeness (QED) is 0.638. The van der Waals surface area contributed by atoms with E-state index >= 15 is 0 Å². The van der Waals surface area contributed by atoms with Gasteiger partial charge >= 0.3 is 0 Å². The molecule has 2 aromatic rings. The van der Waals surface area contributed by atoms with Crippen LogP contribution >= 0.6 is 0 Å². The molecule has 1 heterocycles. The van der Waals surface area contributed by atoms with Gasteiger partial charge in [0.1, 0.15) is 5.75 Å². The summed E-state index contributed by atoms with van der Waals surface area (Å²) >= 11 is 0. The lowest BCUT2D eigenvalue weighted by molar-refractivity contribution is 0.222. The molecule has 0 radical (unpaired) electrons. The average Bonchev–Trinajstić information content (AvgIpc) is 3.12. The standard InChI is InChI=1S/C23H31NO3/c1-5-26-23-15-18(8-13-22(23)27-17(2)3)16-24-14-6-7-21(24)19-9-11-20(25-4)12-10-19/h8-13,15,17,21H,5-7,14,16H2,1-4H3/t21-/m1/s1. The molecule has 0 amide bonds. The van der Waals surface area contributed by atoms with Crippen molar-refractivity contribution in [1.82, 2.24) is 4.90 Å². The number of hydrogen-bond donors (Lipinski definition) is 0. The van der Waals surface area contributed by atoms with E-state index in [9.17, 15) is 0 Å². The summed E-state index contributed by atoms with van der Waals surface area (Å²) in [7, 11) is 1.71. The highest BCUT2D eigenvalue weighted by Crippen LogP contribution is 2.35. The van der Waals surface area contributed by atoms with Gasteiger partial charge in [0.15, 0.2) is 11.5 Å². The first kappa shape index (κ1) is 19.6. The minimum absolute atomic E-state index is 0.132. The van der Waals surface area contributed by atoms with Gasteiger partial charge in [0.2, 0.25) is 0 Å². The summed E-state index contributed by atoms with van der Waals surface area (Å²) in [6.07, 6.45) is 2.55. The van der Waals surface area contributed by atoms with Gasteiger partial charge in [0, 0.05) is 12.6 Å². The van der Waals surface area contributed by atoms with Crippen molar-refractivity contribution in [2.75, 3.05) is 20.3 Å². The molecule has 0 bridgehead atoms. The second kappa shape index (κ2) is 9.14. The molecule has 1 aliphatic rings. The smallest absolute Gasteiger partial charge is 0.161 e.